The van der Waals surface area contributed by atoms with Crippen LogP contribution in [0.3, 0.4) is 0 Å². The zero-order valence-electron chi connectivity index (χ0n) is 15.9. The van der Waals surface area contributed by atoms with Crippen molar-refractivity contribution in [2.75, 3.05) is 38.7 Å². The highest BCUT2D eigenvalue weighted by Crippen LogP contribution is 2.33. The number of aromatic nitrogens is 1. The minimum Gasteiger partial charge on any atom is -0.481 e. The highest BCUT2D eigenvalue weighted by molar-refractivity contribution is 7.22. The highest BCUT2D eigenvalue weighted by atomic mass is 35.5. The number of ether oxygens (including phenoxy) is 1. The first-order chi connectivity index (χ1) is 13.3. The van der Waals surface area contributed by atoms with E-state index in [-0.39, 0.29) is 18.3 Å². The molecule has 2 aromatic carbocycles. The van der Waals surface area contributed by atoms with E-state index in [9.17, 15) is 9.18 Å². The summed E-state index contributed by atoms with van der Waals surface area (Å²) in [6.07, 6.45) is 0. The van der Waals surface area contributed by atoms with Crippen LogP contribution in [-0.2, 0) is 4.79 Å². The number of benzene rings is 2. The third-order valence-electron chi connectivity index (χ3n) is 4.13. The molecule has 0 saturated heterocycles. The van der Waals surface area contributed by atoms with Gasteiger partial charge in [0, 0.05) is 18.1 Å². The van der Waals surface area contributed by atoms with E-state index in [1.807, 2.05) is 38.1 Å². The average molecular weight is 422 g/mol. The minimum atomic E-state index is -0.500. The van der Waals surface area contributed by atoms with Gasteiger partial charge in [0.25, 0.3) is 5.91 Å². The molecule has 3 aromatic rings. The molecule has 0 aliphatic rings. The van der Waals surface area contributed by atoms with Gasteiger partial charge in [0.2, 0.25) is 0 Å². The molecular weight excluding hydrogens is 401 g/mol. The summed E-state index contributed by atoms with van der Waals surface area (Å²) in [6.45, 7) is 2.76. The van der Waals surface area contributed by atoms with Crippen LogP contribution >= 0.6 is 22.9 Å². The number of anilines is 1. The number of fused-ring (bicyclic) bond motifs is 1. The molecule has 0 atom stereocenters. The Balaban J connectivity index is 1.85. The molecule has 0 aliphatic heterocycles. The number of thiazole rings is 1. The first kappa shape index (κ1) is 20.5. The quantitative estimate of drug-likeness (QED) is 0.568. The molecule has 28 heavy (non-hydrogen) atoms. The number of likely N-dealkylation sites (N-methyl/N-ethyl adjacent to an activating group) is 1. The fourth-order valence-corrected chi connectivity index (χ4v) is 4.13. The molecule has 3 rings (SSSR count). The van der Waals surface area contributed by atoms with Gasteiger partial charge in [-0.2, -0.15) is 0 Å². The molecule has 0 radical (unpaired) electrons. The lowest BCUT2D eigenvalue weighted by Gasteiger charge is -2.22. The molecule has 1 amide bonds. The monoisotopic (exact) mass is 421 g/mol. The molecule has 0 bridgehead atoms. The van der Waals surface area contributed by atoms with E-state index < -0.39 is 5.82 Å². The van der Waals surface area contributed by atoms with E-state index in [1.54, 1.807) is 17.0 Å². The van der Waals surface area contributed by atoms with Crippen LogP contribution in [0.15, 0.2) is 36.4 Å². The molecule has 0 unspecified atom stereocenters. The normalized spacial score (nSPS) is 11.2. The third-order valence-corrected chi connectivity index (χ3v) is 5.37. The number of carbonyl (C=O) groups is 1. The molecule has 0 N–H and O–H groups in total. The molecule has 1 aromatic heterocycles. The Morgan fingerprint density at radius 3 is 2.71 bits per heavy atom. The second-order valence-electron chi connectivity index (χ2n) is 6.63. The highest BCUT2D eigenvalue weighted by Gasteiger charge is 2.21. The van der Waals surface area contributed by atoms with Crippen molar-refractivity contribution in [2.45, 2.75) is 6.92 Å². The Morgan fingerprint density at radius 1 is 1.25 bits per heavy atom. The van der Waals surface area contributed by atoms with Crippen molar-refractivity contribution in [3.8, 4) is 5.75 Å². The molecule has 148 valence electrons. The Hall–Kier alpha value is -2.22. The predicted octanol–water partition coefficient (Wildman–Crippen LogP) is 4.37. The van der Waals surface area contributed by atoms with Crippen molar-refractivity contribution in [1.82, 2.24) is 9.88 Å². The summed E-state index contributed by atoms with van der Waals surface area (Å²) in [5.41, 5.74) is 1.77. The molecule has 5 nitrogen and oxygen atoms in total. The number of aryl methyl sites for hydroxylation is 1. The maximum Gasteiger partial charge on any atom is 0.266 e. The molecule has 0 fully saturated rings. The third kappa shape index (κ3) is 4.79. The number of rotatable bonds is 7. The number of halogens is 2. The fourth-order valence-electron chi connectivity index (χ4n) is 2.66. The lowest BCUT2D eigenvalue weighted by Crippen LogP contribution is -2.39. The largest absolute Gasteiger partial charge is 0.481 e. The van der Waals surface area contributed by atoms with Gasteiger partial charge < -0.3 is 9.64 Å². The van der Waals surface area contributed by atoms with Gasteiger partial charge in [-0.3, -0.25) is 9.69 Å². The van der Waals surface area contributed by atoms with E-state index >= 15 is 0 Å². The van der Waals surface area contributed by atoms with E-state index in [0.29, 0.717) is 23.2 Å². The van der Waals surface area contributed by atoms with Crippen LogP contribution in [0.2, 0.25) is 5.02 Å². The number of hydrogen-bond donors (Lipinski definition) is 0. The SMILES string of the molecule is Cc1cc(Cl)cc2sc(N(CCN(C)C)C(=O)COc3ccccc3F)nc12. The van der Waals surface area contributed by atoms with Gasteiger partial charge in [0.05, 0.1) is 10.2 Å². The summed E-state index contributed by atoms with van der Waals surface area (Å²) < 4.78 is 20.1. The van der Waals surface area contributed by atoms with Gasteiger partial charge >= 0.3 is 0 Å². The van der Waals surface area contributed by atoms with E-state index in [4.69, 9.17) is 16.3 Å². The number of amides is 1. The smallest absolute Gasteiger partial charge is 0.266 e. The topological polar surface area (TPSA) is 45.7 Å². The number of hydrogen-bond acceptors (Lipinski definition) is 5. The van der Waals surface area contributed by atoms with Crippen LogP contribution in [0, 0.1) is 12.7 Å². The summed E-state index contributed by atoms with van der Waals surface area (Å²) in [5.74, 6) is -0.733. The van der Waals surface area contributed by atoms with Crippen LogP contribution in [-0.4, -0.2) is 49.6 Å². The minimum absolute atomic E-state index is 0.0512. The van der Waals surface area contributed by atoms with Gasteiger partial charge in [0.15, 0.2) is 23.3 Å². The van der Waals surface area contributed by atoms with Crippen LogP contribution in [0.25, 0.3) is 10.2 Å². The predicted molar refractivity (Wildman–Crippen MR) is 112 cm³/mol. The lowest BCUT2D eigenvalue weighted by atomic mass is 10.2. The van der Waals surface area contributed by atoms with Gasteiger partial charge in [-0.05, 0) is 50.8 Å². The van der Waals surface area contributed by atoms with Gasteiger partial charge in [-0.15, -0.1) is 0 Å². The zero-order valence-corrected chi connectivity index (χ0v) is 17.5. The summed E-state index contributed by atoms with van der Waals surface area (Å²) in [4.78, 5) is 21.1. The Bertz CT molecular complexity index is 993. The maximum absolute atomic E-state index is 13.8. The summed E-state index contributed by atoms with van der Waals surface area (Å²) in [7, 11) is 3.86. The standard InChI is InChI=1S/C20H21ClFN3O2S/c1-13-10-14(21)11-17-19(13)23-20(28-17)25(9-8-24(2)3)18(26)12-27-16-7-5-4-6-15(16)22/h4-7,10-11H,8-9,12H2,1-3H3. The Morgan fingerprint density at radius 2 is 2.00 bits per heavy atom. The molecular formula is C20H21ClFN3O2S. The van der Waals surface area contributed by atoms with E-state index in [2.05, 4.69) is 4.98 Å². The van der Waals surface area contributed by atoms with Gasteiger partial charge in [0.1, 0.15) is 0 Å². The summed E-state index contributed by atoms with van der Waals surface area (Å²) >= 11 is 7.55. The van der Waals surface area contributed by atoms with Crippen LogP contribution in [0.5, 0.6) is 5.75 Å². The molecule has 0 spiro atoms. The Kier molecular flexibility index (Phi) is 6.49. The number of carbonyl (C=O) groups excluding carboxylic acids is 1. The maximum atomic E-state index is 13.8. The second-order valence-corrected chi connectivity index (χ2v) is 8.08. The molecule has 0 saturated carbocycles. The molecule has 0 aliphatic carbocycles. The first-order valence-electron chi connectivity index (χ1n) is 8.74. The lowest BCUT2D eigenvalue weighted by molar-refractivity contribution is -0.120. The van der Waals surface area contributed by atoms with Crippen LogP contribution in [0.1, 0.15) is 5.56 Å². The van der Waals surface area contributed by atoms with Crippen molar-refractivity contribution in [3.05, 3.63) is 52.8 Å². The van der Waals surface area contributed by atoms with E-state index in [1.165, 1.54) is 23.5 Å². The summed E-state index contributed by atoms with van der Waals surface area (Å²) in [5, 5.41) is 1.21. The van der Waals surface area contributed by atoms with Crippen molar-refractivity contribution in [1.29, 1.82) is 0 Å². The van der Waals surface area contributed by atoms with Gasteiger partial charge in [-0.1, -0.05) is 35.1 Å². The average Bonchev–Trinajstić information content (AvgIpc) is 3.05. The van der Waals surface area contributed by atoms with Crippen molar-refractivity contribution < 1.29 is 13.9 Å². The molecule has 1 heterocycles. The number of para-hydroxylation sites is 1. The van der Waals surface area contributed by atoms with Crippen LogP contribution in [0.4, 0.5) is 9.52 Å². The van der Waals surface area contributed by atoms with Crippen molar-refractivity contribution in [2.24, 2.45) is 0 Å². The van der Waals surface area contributed by atoms with E-state index in [0.717, 1.165) is 15.8 Å². The number of nitrogens with zero attached hydrogens (tertiary/aromatic N) is 3. The fraction of sp³-hybridized carbons (Fsp3) is 0.300. The summed E-state index contributed by atoms with van der Waals surface area (Å²) in [6, 6.07) is 9.71. The molecule has 8 heteroatoms. The zero-order chi connectivity index (χ0) is 20.3. The van der Waals surface area contributed by atoms with Crippen LogP contribution < -0.4 is 9.64 Å². The Labute approximate surface area is 172 Å². The second kappa shape index (κ2) is 8.86. The van der Waals surface area contributed by atoms with Crippen molar-refractivity contribution >= 4 is 44.2 Å². The first-order valence-corrected chi connectivity index (χ1v) is 9.93. The van der Waals surface area contributed by atoms with Crippen molar-refractivity contribution in [3.63, 3.8) is 0 Å². The van der Waals surface area contributed by atoms with Gasteiger partial charge in [-0.25, -0.2) is 9.37 Å².